The molecule has 1 unspecified atom stereocenters. The first kappa shape index (κ1) is 29.9. The summed E-state index contributed by atoms with van der Waals surface area (Å²) < 4.78 is 0. The van der Waals surface area contributed by atoms with Gasteiger partial charge in [0.15, 0.2) is 0 Å². The Hall–Kier alpha value is -0.0800. The van der Waals surface area contributed by atoms with Crippen molar-refractivity contribution in [3.63, 3.8) is 0 Å². The van der Waals surface area contributed by atoms with Gasteiger partial charge in [-0.2, -0.15) is 0 Å². The molecule has 0 saturated carbocycles. The van der Waals surface area contributed by atoms with Crippen LogP contribution in [0.2, 0.25) is 0 Å². The van der Waals surface area contributed by atoms with Crippen molar-refractivity contribution in [3.05, 3.63) is 0 Å². The standard InChI is InChI=1S/C28H58O2/c1-2-3-4-5-6-7-8-9-10-11-12-13-14-15-16-19-22-25-28(30)26-23-20-17-18-21-24-27-29/h28-30H,2-27H2,1H3. The first-order valence-corrected chi connectivity index (χ1v) is 14.1. The van der Waals surface area contributed by atoms with Gasteiger partial charge in [-0.25, -0.2) is 0 Å². The van der Waals surface area contributed by atoms with E-state index in [0.29, 0.717) is 6.61 Å². The van der Waals surface area contributed by atoms with Crippen LogP contribution in [-0.2, 0) is 0 Å². The average Bonchev–Trinajstić information content (AvgIpc) is 2.75. The van der Waals surface area contributed by atoms with Crippen molar-refractivity contribution in [2.75, 3.05) is 6.61 Å². The highest BCUT2D eigenvalue weighted by atomic mass is 16.3. The van der Waals surface area contributed by atoms with Crippen LogP contribution in [0.5, 0.6) is 0 Å². The lowest BCUT2D eigenvalue weighted by Gasteiger charge is -2.10. The topological polar surface area (TPSA) is 40.5 Å². The average molecular weight is 427 g/mol. The van der Waals surface area contributed by atoms with Crippen LogP contribution in [0.25, 0.3) is 0 Å². The zero-order valence-corrected chi connectivity index (χ0v) is 20.9. The Kier molecular flexibility index (Phi) is 26.9. The molecule has 2 nitrogen and oxygen atoms in total. The van der Waals surface area contributed by atoms with E-state index >= 15 is 0 Å². The third-order valence-corrected chi connectivity index (χ3v) is 6.59. The Bertz CT molecular complexity index is 292. The number of hydrogen-bond acceptors (Lipinski definition) is 2. The molecular formula is C28H58O2. The molecule has 0 amide bonds. The second-order valence-electron chi connectivity index (χ2n) is 9.73. The summed E-state index contributed by atoms with van der Waals surface area (Å²) in [5.74, 6) is 0. The minimum absolute atomic E-state index is 0.0706. The van der Waals surface area contributed by atoms with E-state index in [0.717, 1.165) is 25.7 Å². The molecule has 0 aromatic carbocycles. The summed E-state index contributed by atoms with van der Waals surface area (Å²) >= 11 is 0. The summed E-state index contributed by atoms with van der Waals surface area (Å²) in [4.78, 5) is 0. The highest BCUT2D eigenvalue weighted by Crippen LogP contribution is 2.16. The zero-order chi connectivity index (χ0) is 22.0. The Morgan fingerprint density at radius 2 is 0.667 bits per heavy atom. The van der Waals surface area contributed by atoms with Gasteiger partial charge in [-0.1, -0.05) is 148 Å². The fourth-order valence-corrected chi connectivity index (χ4v) is 4.45. The SMILES string of the molecule is CCCCCCCCCCCCCCCCCCCC(O)CCCCCCCCO. The minimum Gasteiger partial charge on any atom is -0.396 e. The third-order valence-electron chi connectivity index (χ3n) is 6.59. The van der Waals surface area contributed by atoms with Gasteiger partial charge in [0.05, 0.1) is 6.10 Å². The molecule has 2 N–H and O–H groups in total. The second kappa shape index (κ2) is 27.0. The molecule has 0 spiro atoms. The number of rotatable bonds is 26. The van der Waals surface area contributed by atoms with Gasteiger partial charge in [-0.15, -0.1) is 0 Å². The molecule has 0 bridgehead atoms. The quantitative estimate of drug-likeness (QED) is 0.135. The van der Waals surface area contributed by atoms with Gasteiger partial charge in [0, 0.05) is 6.61 Å². The van der Waals surface area contributed by atoms with Crippen LogP contribution in [0.4, 0.5) is 0 Å². The van der Waals surface area contributed by atoms with E-state index in [4.69, 9.17) is 5.11 Å². The summed E-state index contributed by atoms with van der Waals surface area (Å²) in [6.45, 7) is 2.62. The van der Waals surface area contributed by atoms with Crippen molar-refractivity contribution < 1.29 is 10.2 Å². The molecule has 0 heterocycles. The molecule has 0 fully saturated rings. The van der Waals surface area contributed by atoms with Crippen LogP contribution in [-0.4, -0.2) is 22.9 Å². The Morgan fingerprint density at radius 1 is 0.400 bits per heavy atom. The van der Waals surface area contributed by atoms with E-state index in [9.17, 15) is 5.11 Å². The van der Waals surface area contributed by atoms with Gasteiger partial charge in [0.2, 0.25) is 0 Å². The largest absolute Gasteiger partial charge is 0.396 e. The van der Waals surface area contributed by atoms with Gasteiger partial charge in [-0.3, -0.25) is 0 Å². The molecule has 0 aliphatic rings. The highest BCUT2D eigenvalue weighted by Gasteiger charge is 2.03. The molecule has 2 heteroatoms. The van der Waals surface area contributed by atoms with Gasteiger partial charge in [0.1, 0.15) is 0 Å². The van der Waals surface area contributed by atoms with Crippen molar-refractivity contribution in [1.29, 1.82) is 0 Å². The first-order chi connectivity index (χ1) is 14.8. The molecule has 182 valence electrons. The normalized spacial score (nSPS) is 12.5. The van der Waals surface area contributed by atoms with Crippen LogP contribution in [0.15, 0.2) is 0 Å². The maximum Gasteiger partial charge on any atom is 0.0540 e. The van der Waals surface area contributed by atoms with Crippen molar-refractivity contribution in [2.45, 2.75) is 174 Å². The molecule has 0 aromatic rings. The fraction of sp³-hybridized carbons (Fsp3) is 1.00. The summed E-state index contributed by atoms with van der Waals surface area (Å²) in [6, 6.07) is 0. The van der Waals surface area contributed by atoms with E-state index in [-0.39, 0.29) is 6.10 Å². The van der Waals surface area contributed by atoms with E-state index in [2.05, 4.69) is 6.92 Å². The summed E-state index contributed by atoms with van der Waals surface area (Å²) in [6.07, 6.45) is 32.9. The van der Waals surface area contributed by atoms with Crippen molar-refractivity contribution in [2.24, 2.45) is 0 Å². The van der Waals surface area contributed by atoms with E-state index in [1.54, 1.807) is 0 Å². The molecule has 1 atom stereocenters. The van der Waals surface area contributed by atoms with Gasteiger partial charge in [-0.05, 0) is 19.3 Å². The third kappa shape index (κ3) is 26.0. The number of aliphatic hydroxyl groups excluding tert-OH is 2. The number of aliphatic hydroxyl groups is 2. The molecule has 0 rings (SSSR count). The van der Waals surface area contributed by atoms with Crippen LogP contribution in [0.1, 0.15) is 167 Å². The lowest BCUT2D eigenvalue weighted by Crippen LogP contribution is -2.05. The first-order valence-electron chi connectivity index (χ1n) is 14.1. The van der Waals surface area contributed by atoms with E-state index < -0.39 is 0 Å². The van der Waals surface area contributed by atoms with Crippen molar-refractivity contribution in [1.82, 2.24) is 0 Å². The Balaban J connectivity index is 3.10. The maximum absolute atomic E-state index is 10.1. The van der Waals surface area contributed by atoms with Crippen molar-refractivity contribution >= 4 is 0 Å². The summed E-state index contributed by atoms with van der Waals surface area (Å²) in [5.41, 5.74) is 0. The predicted molar refractivity (Wildman–Crippen MR) is 134 cm³/mol. The molecule has 0 aromatic heterocycles. The van der Waals surface area contributed by atoms with Crippen LogP contribution < -0.4 is 0 Å². The molecule has 0 radical (unpaired) electrons. The Morgan fingerprint density at radius 3 is 0.967 bits per heavy atom. The molecule has 30 heavy (non-hydrogen) atoms. The van der Waals surface area contributed by atoms with E-state index in [1.807, 2.05) is 0 Å². The lowest BCUT2D eigenvalue weighted by atomic mass is 10.0. The van der Waals surface area contributed by atoms with Gasteiger partial charge in [0.25, 0.3) is 0 Å². The number of hydrogen-bond donors (Lipinski definition) is 2. The monoisotopic (exact) mass is 426 g/mol. The lowest BCUT2D eigenvalue weighted by molar-refractivity contribution is 0.147. The molecular weight excluding hydrogens is 368 g/mol. The summed E-state index contributed by atoms with van der Waals surface area (Å²) in [5, 5.41) is 18.8. The predicted octanol–water partition coefficient (Wildman–Crippen LogP) is 9.11. The van der Waals surface area contributed by atoms with Gasteiger partial charge >= 0.3 is 0 Å². The smallest absolute Gasteiger partial charge is 0.0540 e. The maximum atomic E-state index is 10.1. The zero-order valence-electron chi connectivity index (χ0n) is 20.9. The number of unbranched alkanes of at least 4 members (excludes halogenated alkanes) is 21. The summed E-state index contributed by atoms with van der Waals surface area (Å²) in [7, 11) is 0. The highest BCUT2D eigenvalue weighted by molar-refractivity contribution is 4.58. The fourth-order valence-electron chi connectivity index (χ4n) is 4.45. The molecule has 0 saturated heterocycles. The second-order valence-corrected chi connectivity index (χ2v) is 9.73. The molecule has 0 aliphatic heterocycles. The molecule has 0 aliphatic carbocycles. The van der Waals surface area contributed by atoms with Crippen LogP contribution in [0, 0.1) is 0 Å². The van der Waals surface area contributed by atoms with Crippen LogP contribution in [0.3, 0.4) is 0 Å². The Labute approximate surface area is 190 Å². The van der Waals surface area contributed by atoms with Crippen molar-refractivity contribution in [3.8, 4) is 0 Å². The van der Waals surface area contributed by atoms with Gasteiger partial charge < -0.3 is 10.2 Å². The van der Waals surface area contributed by atoms with E-state index in [1.165, 1.54) is 135 Å². The minimum atomic E-state index is -0.0706. The van der Waals surface area contributed by atoms with Crippen LogP contribution >= 0.6 is 0 Å².